The molecule has 0 saturated carbocycles. The first kappa shape index (κ1) is 30.9. The number of aromatic nitrogens is 2. The van der Waals surface area contributed by atoms with Crippen molar-refractivity contribution in [3.05, 3.63) is 107 Å². The molecule has 2 heterocycles. The van der Waals surface area contributed by atoms with Gasteiger partial charge in [-0.05, 0) is 61.9 Å². The van der Waals surface area contributed by atoms with Crippen molar-refractivity contribution in [3.8, 4) is 5.69 Å². The van der Waals surface area contributed by atoms with E-state index < -0.39 is 52.1 Å². The predicted octanol–water partition coefficient (Wildman–Crippen LogP) is 6.05. The fourth-order valence-electron chi connectivity index (χ4n) is 5.15. The lowest BCUT2D eigenvalue weighted by Gasteiger charge is -2.38. The zero-order chi connectivity index (χ0) is 31.8. The lowest BCUT2D eigenvalue weighted by atomic mass is 9.81. The molecule has 1 aliphatic heterocycles. The molecule has 4 aromatic rings. The molecule has 13 heteroatoms. The number of para-hydroxylation sites is 1. The molecule has 0 aliphatic carbocycles. The van der Waals surface area contributed by atoms with Crippen LogP contribution in [-0.2, 0) is 15.8 Å². The van der Waals surface area contributed by atoms with Crippen molar-refractivity contribution in [2.45, 2.75) is 36.8 Å². The molecule has 0 fully saturated rings. The number of likely N-dealkylation sites (N-methyl/N-ethyl adjacent to an activating group) is 1. The van der Waals surface area contributed by atoms with Crippen LogP contribution in [0.2, 0.25) is 0 Å². The minimum absolute atomic E-state index is 0.0961. The fourth-order valence-corrected chi connectivity index (χ4v) is 5.26. The summed E-state index contributed by atoms with van der Waals surface area (Å²) in [7, 11) is 0. The van der Waals surface area contributed by atoms with Gasteiger partial charge < -0.3 is 10.6 Å². The highest BCUT2D eigenvalue weighted by Crippen LogP contribution is 2.45. The second-order valence-electron chi connectivity index (χ2n) is 10.1. The highest BCUT2D eigenvalue weighted by molar-refractivity contribution is 9.10. The van der Waals surface area contributed by atoms with Gasteiger partial charge in [-0.3, -0.25) is 19.3 Å². The minimum Gasteiger partial charge on any atom is -0.339 e. The van der Waals surface area contributed by atoms with Gasteiger partial charge in [-0.25, -0.2) is 9.07 Å². The number of rotatable bonds is 7. The number of carbonyl (C=O) groups excluding carboxylic acids is 3. The van der Waals surface area contributed by atoms with Gasteiger partial charge in [-0.15, -0.1) is 5.10 Å². The monoisotopic (exact) mass is 671 g/mol. The third-order valence-corrected chi connectivity index (χ3v) is 7.63. The number of nitrogens with one attached hydrogen (secondary N) is 2. The lowest BCUT2D eigenvalue weighted by Crippen LogP contribution is -2.55. The van der Waals surface area contributed by atoms with Crippen molar-refractivity contribution in [1.82, 2.24) is 15.1 Å². The van der Waals surface area contributed by atoms with Gasteiger partial charge in [0, 0.05) is 23.6 Å². The predicted molar refractivity (Wildman–Crippen MR) is 160 cm³/mol. The summed E-state index contributed by atoms with van der Waals surface area (Å²) in [5.74, 6) is -3.08. The molecule has 44 heavy (non-hydrogen) atoms. The second kappa shape index (κ2) is 12.2. The van der Waals surface area contributed by atoms with Crippen molar-refractivity contribution in [3.63, 3.8) is 0 Å². The van der Waals surface area contributed by atoms with E-state index in [1.165, 1.54) is 39.9 Å². The zero-order valence-electron chi connectivity index (χ0n) is 23.4. The van der Waals surface area contributed by atoms with Crippen LogP contribution in [0.1, 0.15) is 46.8 Å². The Morgan fingerprint density at radius 1 is 1.02 bits per heavy atom. The van der Waals surface area contributed by atoms with E-state index in [-0.39, 0.29) is 17.9 Å². The normalized spacial score (nSPS) is 17.2. The van der Waals surface area contributed by atoms with Crippen LogP contribution >= 0.6 is 15.9 Å². The summed E-state index contributed by atoms with van der Waals surface area (Å²) in [5.41, 5.74) is 0.0113. The van der Waals surface area contributed by atoms with Crippen molar-refractivity contribution in [2.75, 3.05) is 16.8 Å². The number of nitrogens with zero attached hydrogens (tertiary/aromatic N) is 3. The molecule has 2 N–H and O–H groups in total. The molecule has 8 nitrogen and oxygen atoms in total. The molecule has 3 unspecified atom stereocenters. The molecule has 3 aromatic carbocycles. The summed E-state index contributed by atoms with van der Waals surface area (Å²) < 4.78 is 55.8. The topological polar surface area (TPSA) is 96.3 Å². The highest BCUT2D eigenvalue weighted by Gasteiger charge is 2.46. The van der Waals surface area contributed by atoms with Crippen LogP contribution in [0.5, 0.6) is 0 Å². The maximum atomic E-state index is 14.2. The first-order valence-electron chi connectivity index (χ1n) is 13.6. The second-order valence-corrected chi connectivity index (χ2v) is 11.5. The molecule has 1 aromatic heterocycles. The van der Waals surface area contributed by atoms with E-state index in [1.807, 2.05) is 0 Å². The van der Waals surface area contributed by atoms with Gasteiger partial charge in [0.15, 0.2) is 5.82 Å². The number of anilines is 2. The molecule has 0 spiro atoms. The highest BCUT2D eigenvalue weighted by atomic mass is 79.9. The van der Waals surface area contributed by atoms with Crippen molar-refractivity contribution >= 4 is 45.3 Å². The summed E-state index contributed by atoms with van der Waals surface area (Å²) in [6.07, 6.45) is -4.69. The molecule has 3 amide bonds. The first-order valence-corrected chi connectivity index (χ1v) is 14.5. The third kappa shape index (κ3) is 5.96. The Kier molecular flexibility index (Phi) is 8.60. The Morgan fingerprint density at radius 2 is 1.70 bits per heavy atom. The summed E-state index contributed by atoms with van der Waals surface area (Å²) in [4.78, 5) is 41.3. The smallest absolute Gasteiger partial charge is 0.339 e. The molecular weight excluding hydrogens is 646 g/mol. The molecule has 1 aliphatic rings. The number of halogens is 5. The van der Waals surface area contributed by atoms with Crippen LogP contribution in [0.15, 0.2) is 78.9 Å². The van der Waals surface area contributed by atoms with Crippen LogP contribution in [0, 0.1) is 5.82 Å². The summed E-state index contributed by atoms with van der Waals surface area (Å²) in [6.45, 7) is 3.46. The van der Waals surface area contributed by atoms with E-state index in [0.29, 0.717) is 28.7 Å². The number of hydrogen-bond donors (Lipinski definition) is 2. The van der Waals surface area contributed by atoms with Crippen LogP contribution in [-0.4, -0.2) is 44.9 Å². The third-order valence-electron chi connectivity index (χ3n) is 7.22. The molecule has 0 saturated heterocycles. The molecule has 0 radical (unpaired) electrons. The minimum atomic E-state index is -4.69. The zero-order valence-corrected chi connectivity index (χ0v) is 25.0. The van der Waals surface area contributed by atoms with E-state index in [2.05, 4.69) is 31.7 Å². The Morgan fingerprint density at radius 3 is 2.32 bits per heavy atom. The van der Waals surface area contributed by atoms with Crippen molar-refractivity contribution < 1.29 is 31.9 Å². The van der Waals surface area contributed by atoms with E-state index in [4.69, 9.17) is 0 Å². The van der Waals surface area contributed by atoms with E-state index >= 15 is 0 Å². The Hall–Kier alpha value is -4.52. The summed E-state index contributed by atoms with van der Waals surface area (Å²) in [5, 5.41) is 10.1. The summed E-state index contributed by atoms with van der Waals surface area (Å²) >= 11 is 3.25. The van der Waals surface area contributed by atoms with Crippen LogP contribution in [0.3, 0.4) is 0 Å². The molecule has 0 bridgehead atoms. The van der Waals surface area contributed by atoms with Gasteiger partial charge in [0.1, 0.15) is 17.7 Å². The summed E-state index contributed by atoms with van der Waals surface area (Å²) in [6, 6.07) is 16.7. The lowest BCUT2D eigenvalue weighted by molar-refractivity contribution is -0.137. The van der Waals surface area contributed by atoms with Gasteiger partial charge in [0.2, 0.25) is 5.91 Å². The van der Waals surface area contributed by atoms with E-state index in [1.54, 1.807) is 44.2 Å². The van der Waals surface area contributed by atoms with Crippen LogP contribution in [0.4, 0.5) is 29.2 Å². The SMILES string of the molecule is CCN1C(=O)C(NC(=O)c2cccc(C(F)(F)F)c2)C(c2ccc(F)cc2)c2c(NC(=O)C(C)Br)nn(-c3ccccc3)c21. The van der Waals surface area contributed by atoms with Crippen LogP contribution < -0.4 is 15.5 Å². The van der Waals surface area contributed by atoms with Gasteiger partial charge in [-0.1, -0.05) is 52.3 Å². The number of hydrogen-bond acceptors (Lipinski definition) is 4. The number of fused-ring (bicyclic) bond motifs is 1. The Balaban J connectivity index is 1.72. The number of alkyl halides is 4. The maximum Gasteiger partial charge on any atom is 0.416 e. The number of carbonyl (C=O) groups is 3. The van der Waals surface area contributed by atoms with E-state index in [0.717, 1.165) is 12.1 Å². The van der Waals surface area contributed by atoms with Crippen molar-refractivity contribution in [2.24, 2.45) is 0 Å². The quantitative estimate of drug-likeness (QED) is 0.185. The maximum absolute atomic E-state index is 14.2. The van der Waals surface area contributed by atoms with Gasteiger partial charge in [0.05, 0.1) is 16.1 Å². The molecule has 228 valence electrons. The molecular formula is C31H26BrF4N5O3. The van der Waals surface area contributed by atoms with Gasteiger partial charge in [0.25, 0.3) is 11.8 Å². The van der Waals surface area contributed by atoms with Gasteiger partial charge in [-0.2, -0.15) is 13.2 Å². The number of amides is 3. The average Bonchev–Trinajstić information content (AvgIpc) is 3.36. The molecule has 3 atom stereocenters. The Bertz CT molecular complexity index is 1710. The largest absolute Gasteiger partial charge is 0.416 e. The average molecular weight is 672 g/mol. The van der Waals surface area contributed by atoms with E-state index in [9.17, 15) is 31.9 Å². The number of benzene rings is 3. The van der Waals surface area contributed by atoms with Crippen molar-refractivity contribution in [1.29, 1.82) is 0 Å². The Labute approximate surface area is 258 Å². The molecule has 5 rings (SSSR count). The standard InChI is InChI=1S/C31H26BrF4N5O3/c1-3-40-29-24(26(38-27(42)17(2)32)39-41(29)22-10-5-4-6-11-22)23(18-12-14-21(33)15-13-18)25(30(40)44)37-28(43)19-8-7-9-20(16-19)31(34,35)36/h4-17,23,25H,3H2,1-2H3,(H,37,43)(H,38,39,42). The van der Waals surface area contributed by atoms with Gasteiger partial charge >= 0.3 is 6.18 Å². The first-order chi connectivity index (χ1) is 20.9. The van der Waals surface area contributed by atoms with Crippen LogP contribution in [0.25, 0.3) is 5.69 Å². The fraction of sp³-hybridized carbons (Fsp3) is 0.226.